The number of hydrogen-bond donors (Lipinski definition) is 0. The highest BCUT2D eigenvalue weighted by Gasteiger charge is 2.26. The number of nitrogens with zero attached hydrogens (tertiary/aromatic N) is 1. The molecule has 3 nitrogen and oxygen atoms in total. The third-order valence-corrected chi connectivity index (χ3v) is 3.39. The van der Waals surface area contributed by atoms with Gasteiger partial charge in [-0.25, -0.2) is 0 Å². The van der Waals surface area contributed by atoms with Crippen LogP contribution < -0.4 is 4.90 Å². The Balaban J connectivity index is 2.29. The Labute approximate surface area is 112 Å². The minimum Gasteiger partial charge on any atom is -0.311 e. The number of anilines is 1. The van der Waals surface area contributed by atoms with Crippen molar-refractivity contribution < 1.29 is 9.59 Å². The van der Waals surface area contributed by atoms with E-state index in [9.17, 15) is 9.59 Å². The van der Waals surface area contributed by atoms with Crippen LogP contribution in [0.3, 0.4) is 0 Å². The Morgan fingerprint density at radius 3 is 2.94 bits per heavy atom. The van der Waals surface area contributed by atoms with Crippen LogP contribution in [0.5, 0.6) is 0 Å². The molecular weight excluding hydrogens is 250 g/mol. The summed E-state index contributed by atoms with van der Waals surface area (Å²) in [6.45, 7) is 2.54. The molecule has 0 atom stereocenters. The second-order valence-corrected chi connectivity index (χ2v) is 4.92. The Hall–Kier alpha value is -1.35. The van der Waals surface area contributed by atoms with E-state index >= 15 is 0 Å². The number of ketones is 1. The van der Waals surface area contributed by atoms with E-state index in [-0.39, 0.29) is 11.7 Å². The van der Waals surface area contributed by atoms with Gasteiger partial charge in [0.05, 0.1) is 5.69 Å². The fraction of sp³-hybridized carbons (Fsp3) is 0.429. The lowest BCUT2D eigenvalue weighted by molar-refractivity contribution is -0.118. The molecule has 0 spiro atoms. The molecule has 1 amide bonds. The number of unbranched alkanes of at least 4 members (excludes halogenated alkanes) is 1. The van der Waals surface area contributed by atoms with Crippen LogP contribution in [-0.2, 0) is 4.79 Å². The summed E-state index contributed by atoms with van der Waals surface area (Å²) in [7, 11) is 0. The van der Waals surface area contributed by atoms with Crippen LogP contribution in [-0.4, -0.2) is 18.2 Å². The monoisotopic (exact) mass is 265 g/mol. The first-order valence-electron chi connectivity index (χ1n) is 6.26. The molecule has 4 heteroatoms. The van der Waals surface area contributed by atoms with Gasteiger partial charge in [-0.15, -0.1) is 0 Å². The molecule has 1 heterocycles. The first-order chi connectivity index (χ1) is 8.63. The molecule has 1 aliphatic rings. The molecule has 0 saturated carbocycles. The van der Waals surface area contributed by atoms with Crippen molar-refractivity contribution in [3.05, 3.63) is 28.8 Å². The smallest absolute Gasteiger partial charge is 0.227 e. The standard InChI is InChI=1S/C14H16ClNO2/c1-2-3-4-14(18)16-8-7-13(17)11-9-10(15)5-6-12(11)16/h5-6,9H,2-4,7-8H2,1H3. The van der Waals surface area contributed by atoms with E-state index in [0.29, 0.717) is 35.7 Å². The summed E-state index contributed by atoms with van der Waals surface area (Å²) < 4.78 is 0. The van der Waals surface area contributed by atoms with Gasteiger partial charge in [0.15, 0.2) is 5.78 Å². The van der Waals surface area contributed by atoms with Gasteiger partial charge in [-0.1, -0.05) is 24.9 Å². The van der Waals surface area contributed by atoms with Crippen molar-refractivity contribution in [2.75, 3.05) is 11.4 Å². The number of halogens is 1. The van der Waals surface area contributed by atoms with E-state index in [1.165, 1.54) is 0 Å². The minimum absolute atomic E-state index is 0.0621. The van der Waals surface area contributed by atoms with Crippen molar-refractivity contribution in [2.45, 2.75) is 32.6 Å². The van der Waals surface area contributed by atoms with Crippen molar-refractivity contribution in [1.82, 2.24) is 0 Å². The Bertz CT molecular complexity index is 485. The molecular formula is C14H16ClNO2. The fourth-order valence-electron chi connectivity index (χ4n) is 2.16. The summed E-state index contributed by atoms with van der Waals surface area (Å²) in [5.74, 6) is 0.153. The molecule has 1 aromatic rings. The number of rotatable bonds is 3. The van der Waals surface area contributed by atoms with Crippen molar-refractivity contribution in [3.63, 3.8) is 0 Å². The number of amides is 1. The average molecular weight is 266 g/mol. The van der Waals surface area contributed by atoms with Crippen molar-refractivity contribution in [3.8, 4) is 0 Å². The second-order valence-electron chi connectivity index (χ2n) is 4.48. The van der Waals surface area contributed by atoms with Crippen LogP contribution in [0.25, 0.3) is 0 Å². The van der Waals surface area contributed by atoms with Crippen LogP contribution in [0, 0.1) is 0 Å². The summed E-state index contributed by atoms with van der Waals surface area (Å²) in [4.78, 5) is 25.6. The van der Waals surface area contributed by atoms with E-state index < -0.39 is 0 Å². The highest BCUT2D eigenvalue weighted by molar-refractivity contribution is 6.31. The highest BCUT2D eigenvalue weighted by Crippen LogP contribution is 2.30. The summed E-state index contributed by atoms with van der Waals surface area (Å²) >= 11 is 5.90. The normalized spacial score (nSPS) is 14.6. The Morgan fingerprint density at radius 1 is 1.44 bits per heavy atom. The molecule has 18 heavy (non-hydrogen) atoms. The van der Waals surface area contributed by atoms with Gasteiger partial charge in [-0.05, 0) is 24.6 Å². The van der Waals surface area contributed by atoms with Crippen LogP contribution in [0.2, 0.25) is 5.02 Å². The van der Waals surface area contributed by atoms with Crippen molar-refractivity contribution in [2.24, 2.45) is 0 Å². The predicted octanol–water partition coefficient (Wildman–Crippen LogP) is 3.45. The molecule has 0 N–H and O–H groups in total. The zero-order chi connectivity index (χ0) is 13.1. The average Bonchev–Trinajstić information content (AvgIpc) is 2.37. The Kier molecular flexibility index (Phi) is 4.02. The molecule has 1 aromatic carbocycles. The third kappa shape index (κ3) is 2.56. The second kappa shape index (κ2) is 5.53. The van der Waals surface area contributed by atoms with Gasteiger partial charge in [-0.3, -0.25) is 9.59 Å². The predicted molar refractivity (Wildman–Crippen MR) is 72.3 cm³/mol. The maximum absolute atomic E-state index is 12.1. The SMILES string of the molecule is CCCCC(=O)N1CCC(=O)c2cc(Cl)ccc21. The van der Waals surface area contributed by atoms with Crippen LogP contribution in [0.15, 0.2) is 18.2 Å². The summed E-state index contributed by atoms with van der Waals surface area (Å²) in [5.41, 5.74) is 1.27. The Morgan fingerprint density at radius 2 is 2.22 bits per heavy atom. The summed E-state index contributed by atoms with van der Waals surface area (Å²) in [5, 5.41) is 0.532. The lowest BCUT2D eigenvalue weighted by Crippen LogP contribution is -2.37. The number of fused-ring (bicyclic) bond motifs is 1. The van der Waals surface area contributed by atoms with Gasteiger partial charge in [0.2, 0.25) is 5.91 Å². The number of carbonyl (C=O) groups is 2. The fourth-order valence-corrected chi connectivity index (χ4v) is 2.33. The molecule has 0 bridgehead atoms. The molecule has 0 fully saturated rings. The lowest BCUT2D eigenvalue weighted by atomic mass is 10.00. The maximum atomic E-state index is 12.1. The molecule has 0 saturated heterocycles. The van der Waals surface area contributed by atoms with E-state index in [1.807, 2.05) is 0 Å². The maximum Gasteiger partial charge on any atom is 0.227 e. The van der Waals surface area contributed by atoms with Crippen molar-refractivity contribution >= 4 is 29.0 Å². The zero-order valence-corrected chi connectivity index (χ0v) is 11.2. The number of hydrogen-bond acceptors (Lipinski definition) is 2. The minimum atomic E-state index is 0.0621. The van der Waals surface area contributed by atoms with Gasteiger partial charge in [0, 0.05) is 30.0 Å². The van der Waals surface area contributed by atoms with Crippen LogP contribution in [0.1, 0.15) is 43.0 Å². The number of Topliss-reactive ketones (excluding diaryl/α,β-unsaturated/α-hetero) is 1. The third-order valence-electron chi connectivity index (χ3n) is 3.16. The van der Waals surface area contributed by atoms with Crippen LogP contribution >= 0.6 is 11.6 Å². The summed E-state index contributed by atoms with van der Waals surface area (Å²) in [6.07, 6.45) is 2.79. The molecule has 1 aliphatic heterocycles. The first kappa shape index (κ1) is 13.1. The molecule has 0 unspecified atom stereocenters. The summed E-state index contributed by atoms with van der Waals surface area (Å²) in [6, 6.07) is 5.14. The largest absolute Gasteiger partial charge is 0.311 e. The van der Waals surface area contributed by atoms with Gasteiger partial charge in [0.25, 0.3) is 0 Å². The molecule has 0 aromatic heterocycles. The first-order valence-corrected chi connectivity index (χ1v) is 6.64. The number of carbonyl (C=O) groups excluding carboxylic acids is 2. The van der Waals surface area contributed by atoms with E-state index in [4.69, 9.17) is 11.6 Å². The molecule has 96 valence electrons. The highest BCUT2D eigenvalue weighted by atomic mass is 35.5. The van der Waals surface area contributed by atoms with E-state index in [2.05, 4.69) is 6.92 Å². The number of benzene rings is 1. The van der Waals surface area contributed by atoms with Gasteiger partial charge in [0.1, 0.15) is 0 Å². The van der Waals surface area contributed by atoms with Gasteiger partial charge in [-0.2, -0.15) is 0 Å². The zero-order valence-electron chi connectivity index (χ0n) is 10.4. The molecule has 0 aliphatic carbocycles. The molecule has 0 radical (unpaired) electrons. The quantitative estimate of drug-likeness (QED) is 0.839. The van der Waals surface area contributed by atoms with E-state index in [0.717, 1.165) is 12.8 Å². The van der Waals surface area contributed by atoms with Gasteiger partial charge < -0.3 is 4.90 Å². The van der Waals surface area contributed by atoms with Crippen LogP contribution in [0.4, 0.5) is 5.69 Å². The van der Waals surface area contributed by atoms with Gasteiger partial charge >= 0.3 is 0 Å². The van der Waals surface area contributed by atoms with Crippen molar-refractivity contribution in [1.29, 1.82) is 0 Å². The molecule has 2 rings (SSSR count). The lowest BCUT2D eigenvalue weighted by Gasteiger charge is -2.28. The topological polar surface area (TPSA) is 37.4 Å². The van der Waals surface area contributed by atoms with E-state index in [1.54, 1.807) is 23.1 Å².